The highest BCUT2D eigenvalue weighted by Crippen LogP contribution is 2.37. The van der Waals surface area contributed by atoms with Gasteiger partial charge in [-0.25, -0.2) is 4.79 Å². The number of nitro benzene ring substituents is 1. The molecule has 3 rings (SSSR count). The molecular weight excluding hydrogens is 458 g/mol. The maximum Gasteiger partial charge on any atom is 0.338 e. The summed E-state index contributed by atoms with van der Waals surface area (Å²) in [5.41, 5.74) is 0.120. The number of nitrogens with one attached hydrogen (secondary N) is 2. The normalized spacial score (nSPS) is 10.1. The Labute approximate surface area is 199 Å². The van der Waals surface area contributed by atoms with E-state index < -0.39 is 22.5 Å². The number of nitro groups is 1. The fourth-order valence-electron chi connectivity index (χ4n) is 3.15. The molecular formula is C24H21N3O8. The Morgan fingerprint density at radius 1 is 0.743 bits per heavy atom. The van der Waals surface area contributed by atoms with Crippen LogP contribution < -0.4 is 20.1 Å². The first-order chi connectivity index (χ1) is 16.8. The highest BCUT2D eigenvalue weighted by molar-refractivity contribution is 6.08. The molecule has 0 saturated carbocycles. The standard InChI is InChI=1S/C24H21N3O8/c1-33-20-13-19(21(34-2)12-18(20)25-22(28)14-7-5-4-6-8-14)26-23(29)15-9-16(24(30)35-3)11-17(10-15)27(31)32/h4-13H,1-3H3,(H,25,28)(H,26,29). The number of carbonyl (C=O) groups excluding carboxylic acids is 3. The molecule has 0 aliphatic rings. The van der Waals surface area contributed by atoms with E-state index in [4.69, 9.17) is 9.47 Å². The number of methoxy groups -OCH3 is 3. The average Bonchev–Trinajstić information content (AvgIpc) is 2.88. The molecule has 0 spiro atoms. The fraction of sp³-hybridized carbons (Fsp3) is 0.125. The minimum Gasteiger partial charge on any atom is -0.494 e. The molecule has 0 aromatic heterocycles. The van der Waals surface area contributed by atoms with Gasteiger partial charge in [-0.1, -0.05) is 18.2 Å². The van der Waals surface area contributed by atoms with Crippen LogP contribution in [0.3, 0.4) is 0 Å². The van der Waals surface area contributed by atoms with Crippen LogP contribution in [0.25, 0.3) is 0 Å². The first-order valence-corrected chi connectivity index (χ1v) is 10.1. The van der Waals surface area contributed by atoms with E-state index in [-0.39, 0.29) is 34.2 Å². The zero-order valence-electron chi connectivity index (χ0n) is 19.0. The van der Waals surface area contributed by atoms with Gasteiger partial charge in [0.2, 0.25) is 0 Å². The van der Waals surface area contributed by atoms with Crippen molar-refractivity contribution in [3.05, 3.63) is 87.5 Å². The number of anilines is 2. The molecule has 3 aromatic carbocycles. The van der Waals surface area contributed by atoms with Crippen molar-refractivity contribution < 1.29 is 33.5 Å². The maximum atomic E-state index is 12.9. The summed E-state index contributed by atoms with van der Waals surface area (Å²) in [7, 11) is 3.87. The average molecular weight is 479 g/mol. The molecule has 180 valence electrons. The van der Waals surface area contributed by atoms with Crippen molar-refractivity contribution in [1.82, 2.24) is 0 Å². The Morgan fingerprint density at radius 2 is 1.26 bits per heavy atom. The fourth-order valence-corrected chi connectivity index (χ4v) is 3.15. The van der Waals surface area contributed by atoms with Crippen LogP contribution in [0.1, 0.15) is 31.1 Å². The number of hydrogen-bond acceptors (Lipinski definition) is 8. The third-order valence-electron chi connectivity index (χ3n) is 4.87. The number of ether oxygens (including phenoxy) is 3. The minimum atomic E-state index is -0.833. The molecule has 2 amide bonds. The van der Waals surface area contributed by atoms with Crippen LogP contribution in [0.2, 0.25) is 0 Å². The smallest absolute Gasteiger partial charge is 0.338 e. The van der Waals surface area contributed by atoms with Gasteiger partial charge in [-0.3, -0.25) is 19.7 Å². The summed E-state index contributed by atoms with van der Waals surface area (Å²) in [6, 6.07) is 14.6. The molecule has 0 bridgehead atoms. The number of carbonyl (C=O) groups is 3. The Balaban J connectivity index is 1.93. The Bertz CT molecular complexity index is 1290. The first kappa shape index (κ1) is 24.7. The third-order valence-corrected chi connectivity index (χ3v) is 4.87. The molecule has 0 saturated heterocycles. The largest absolute Gasteiger partial charge is 0.494 e. The maximum absolute atomic E-state index is 12.9. The predicted molar refractivity (Wildman–Crippen MR) is 126 cm³/mol. The van der Waals surface area contributed by atoms with Gasteiger partial charge in [0.05, 0.1) is 43.2 Å². The van der Waals surface area contributed by atoms with Crippen molar-refractivity contribution in [2.75, 3.05) is 32.0 Å². The van der Waals surface area contributed by atoms with Gasteiger partial charge in [0.25, 0.3) is 17.5 Å². The van der Waals surface area contributed by atoms with E-state index in [1.54, 1.807) is 30.3 Å². The molecule has 2 N–H and O–H groups in total. The second kappa shape index (κ2) is 10.8. The van der Waals surface area contributed by atoms with Gasteiger partial charge < -0.3 is 24.8 Å². The summed E-state index contributed by atoms with van der Waals surface area (Å²) in [5.74, 6) is -1.56. The molecule has 11 nitrogen and oxygen atoms in total. The van der Waals surface area contributed by atoms with Crippen LogP contribution >= 0.6 is 0 Å². The third kappa shape index (κ3) is 5.71. The van der Waals surface area contributed by atoms with Crippen molar-refractivity contribution in [3.8, 4) is 11.5 Å². The summed E-state index contributed by atoms with van der Waals surface area (Å²) in [4.78, 5) is 47.9. The van der Waals surface area contributed by atoms with Crippen molar-refractivity contribution in [1.29, 1.82) is 0 Å². The van der Waals surface area contributed by atoms with E-state index in [9.17, 15) is 24.5 Å². The Hall–Kier alpha value is -4.93. The van der Waals surface area contributed by atoms with Gasteiger partial charge in [0.15, 0.2) is 0 Å². The summed E-state index contributed by atoms with van der Waals surface area (Å²) >= 11 is 0. The predicted octanol–water partition coefficient (Wildman–Crippen LogP) is 3.90. The van der Waals surface area contributed by atoms with E-state index >= 15 is 0 Å². The second-order valence-corrected chi connectivity index (χ2v) is 7.04. The molecule has 0 heterocycles. The number of esters is 1. The minimum absolute atomic E-state index is 0.151. The highest BCUT2D eigenvalue weighted by atomic mass is 16.6. The Morgan fingerprint density at radius 3 is 1.74 bits per heavy atom. The van der Waals surface area contributed by atoms with E-state index in [1.165, 1.54) is 32.4 Å². The van der Waals surface area contributed by atoms with E-state index in [1.807, 2.05) is 0 Å². The lowest BCUT2D eigenvalue weighted by molar-refractivity contribution is -0.384. The zero-order valence-corrected chi connectivity index (χ0v) is 19.0. The lowest BCUT2D eigenvalue weighted by Crippen LogP contribution is -2.16. The van der Waals surface area contributed by atoms with E-state index in [2.05, 4.69) is 15.4 Å². The van der Waals surface area contributed by atoms with Crippen LogP contribution in [0.15, 0.2) is 60.7 Å². The Kier molecular flexibility index (Phi) is 7.62. The molecule has 3 aromatic rings. The van der Waals surface area contributed by atoms with Crippen molar-refractivity contribution in [3.63, 3.8) is 0 Å². The van der Waals surface area contributed by atoms with Crippen LogP contribution in [0, 0.1) is 10.1 Å². The lowest BCUT2D eigenvalue weighted by atomic mass is 10.1. The number of amides is 2. The zero-order chi connectivity index (χ0) is 25.5. The molecule has 0 unspecified atom stereocenters. The molecule has 0 radical (unpaired) electrons. The SMILES string of the molecule is COC(=O)c1cc(C(=O)Nc2cc(OC)c(NC(=O)c3ccccc3)cc2OC)cc([N+](=O)[O-])c1. The van der Waals surface area contributed by atoms with Gasteiger partial charge in [0.1, 0.15) is 11.5 Å². The number of benzene rings is 3. The molecule has 0 fully saturated rings. The lowest BCUT2D eigenvalue weighted by Gasteiger charge is -2.16. The van der Waals surface area contributed by atoms with E-state index in [0.717, 1.165) is 19.2 Å². The summed E-state index contributed by atoms with van der Waals surface area (Å²) in [6.45, 7) is 0. The van der Waals surface area contributed by atoms with Crippen LogP contribution in [0.5, 0.6) is 11.5 Å². The second-order valence-electron chi connectivity index (χ2n) is 7.04. The van der Waals surface area contributed by atoms with Crippen molar-refractivity contribution >= 4 is 34.8 Å². The number of rotatable bonds is 8. The van der Waals surface area contributed by atoms with Crippen molar-refractivity contribution in [2.45, 2.75) is 0 Å². The van der Waals surface area contributed by atoms with Gasteiger partial charge in [-0.2, -0.15) is 0 Å². The topological polar surface area (TPSA) is 146 Å². The monoisotopic (exact) mass is 479 g/mol. The first-order valence-electron chi connectivity index (χ1n) is 10.1. The number of hydrogen-bond donors (Lipinski definition) is 2. The highest BCUT2D eigenvalue weighted by Gasteiger charge is 2.21. The van der Waals surface area contributed by atoms with Crippen LogP contribution in [-0.4, -0.2) is 44.0 Å². The number of nitrogens with zero attached hydrogens (tertiary/aromatic N) is 1. The summed E-state index contributed by atoms with van der Waals surface area (Å²) in [6.07, 6.45) is 0. The summed E-state index contributed by atoms with van der Waals surface area (Å²) in [5, 5.41) is 16.6. The van der Waals surface area contributed by atoms with Gasteiger partial charge in [-0.15, -0.1) is 0 Å². The molecule has 0 atom stereocenters. The van der Waals surface area contributed by atoms with Gasteiger partial charge in [0, 0.05) is 35.4 Å². The van der Waals surface area contributed by atoms with Crippen LogP contribution in [0.4, 0.5) is 17.1 Å². The number of non-ortho nitro benzene ring substituents is 1. The summed E-state index contributed by atoms with van der Waals surface area (Å²) < 4.78 is 15.3. The van der Waals surface area contributed by atoms with Crippen molar-refractivity contribution in [2.24, 2.45) is 0 Å². The quantitative estimate of drug-likeness (QED) is 0.281. The van der Waals surface area contributed by atoms with E-state index in [0.29, 0.717) is 11.3 Å². The molecule has 0 aliphatic heterocycles. The van der Waals surface area contributed by atoms with Crippen LogP contribution in [-0.2, 0) is 4.74 Å². The van der Waals surface area contributed by atoms with Gasteiger partial charge >= 0.3 is 5.97 Å². The molecule has 11 heteroatoms. The molecule has 0 aliphatic carbocycles. The molecule has 35 heavy (non-hydrogen) atoms. The van der Waals surface area contributed by atoms with Gasteiger partial charge in [-0.05, 0) is 18.2 Å².